The number of hydrazone groups is 1. The first-order valence-corrected chi connectivity index (χ1v) is 13.3. The number of benzene rings is 3. The minimum Gasteiger partial charge on any atom is -0.489 e. The first kappa shape index (κ1) is 25.9. The highest BCUT2D eigenvalue weighted by Crippen LogP contribution is 2.27. The highest BCUT2D eigenvalue weighted by atomic mass is 32.2. The Morgan fingerprint density at radius 1 is 0.949 bits per heavy atom. The number of rotatable bonds is 10. The van der Waals surface area contributed by atoms with Crippen molar-refractivity contribution in [1.29, 1.82) is 0 Å². The Morgan fingerprint density at radius 3 is 2.44 bits per heavy atom. The van der Waals surface area contributed by atoms with Crippen LogP contribution in [0, 0.1) is 6.92 Å². The summed E-state index contributed by atoms with van der Waals surface area (Å²) in [5.74, 6) is 1.32. The predicted octanol–water partition coefficient (Wildman–Crippen LogP) is 5.46. The molecular weight excluding hydrogens is 508 g/mol. The molecule has 9 heteroatoms. The molecule has 5 aromatic rings. The summed E-state index contributed by atoms with van der Waals surface area (Å²) in [5.41, 5.74) is 7.48. The molecule has 1 amide bonds. The van der Waals surface area contributed by atoms with Crippen LogP contribution in [0.4, 0.5) is 0 Å². The standard InChI is InChI=1S/C30H26N6O2S/c1-22-7-11-26(12-8-22)36-29(25-15-17-31-18-16-25)34-35-30(36)39-21-28(37)33-32-19-23-9-13-27(14-10-23)38-20-24-5-3-2-4-6-24/h2-19H,20-21H2,1H3,(H,33,37). The van der Waals surface area contributed by atoms with Gasteiger partial charge in [-0.15, -0.1) is 10.2 Å². The number of thioether (sulfide) groups is 1. The molecule has 5 rings (SSSR count). The van der Waals surface area contributed by atoms with Gasteiger partial charge in [0.25, 0.3) is 5.91 Å². The first-order valence-electron chi connectivity index (χ1n) is 12.3. The molecule has 8 nitrogen and oxygen atoms in total. The van der Waals surface area contributed by atoms with Crippen LogP contribution in [0.1, 0.15) is 16.7 Å². The summed E-state index contributed by atoms with van der Waals surface area (Å²) >= 11 is 1.29. The van der Waals surface area contributed by atoms with Gasteiger partial charge in [-0.25, -0.2) is 5.43 Å². The summed E-state index contributed by atoms with van der Waals surface area (Å²) in [6.45, 7) is 2.54. The van der Waals surface area contributed by atoms with E-state index in [4.69, 9.17) is 4.74 Å². The second-order valence-corrected chi connectivity index (χ2v) is 9.58. The third-order valence-corrected chi connectivity index (χ3v) is 6.66. The van der Waals surface area contributed by atoms with Gasteiger partial charge in [0.15, 0.2) is 11.0 Å². The third-order valence-electron chi connectivity index (χ3n) is 5.73. The Bertz CT molecular complexity index is 1540. The molecule has 0 atom stereocenters. The molecule has 0 aliphatic heterocycles. The normalized spacial score (nSPS) is 11.0. The summed E-state index contributed by atoms with van der Waals surface area (Å²) in [6, 6.07) is 29.4. The minimum absolute atomic E-state index is 0.129. The lowest BCUT2D eigenvalue weighted by molar-refractivity contribution is -0.118. The number of carbonyl (C=O) groups is 1. The van der Waals surface area contributed by atoms with E-state index in [1.807, 2.05) is 102 Å². The summed E-state index contributed by atoms with van der Waals surface area (Å²) < 4.78 is 7.75. The summed E-state index contributed by atoms with van der Waals surface area (Å²) in [5, 5.41) is 13.5. The van der Waals surface area contributed by atoms with E-state index in [-0.39, 0.29) is 11.7 Å². The maximum atomic E-state index is 12.5. The van der Waals surface area contributed by atoms with Gasteiger partial charge in [0.1, 0.15) is 12.4 Å². The van der Waals surface area contributed by atoms with Gasteiger partial charge < -0.3 is 4.74 Å². The molecule has 0 fully saturated rings. The molecule has 3 aromatic carbocycles. The minimum atomic E-state index is -0.247. The molecule has 194 valence electrons. The van der Waals surface area contributed by atoms with Crippen LogP contribution < -0.4 is 10.2 Å². The Kier molecular flexibility index (Phi) is 8.40. The van der Waals surface area contributed by atoms with E-state index < -0.39 is 0 Å². The molecule has 0 aliphatic carbocycles. The van der Waals surface area contributed by atoms with Crippen molar-refractivity contribution >= 4 is 23.9 Å². The molecule has 1 N–H and O–H groups in total. The van der Waals surface area contributed by atoms with Gasteiger partial charge in [-0.05, 0) is 66.6 Å². The van der Waals surface area contributed by atoms with Crippen LogP contribution in [0.15, 0.2) is 114 Å². The van der Waals surface area contributed by atoms with Crippen LogP contribution in [0.3, 0.4) is 0 Å². The number of hydrogen-bond acceptors (Lipinski definition) is 7. The van der Waals surface area contributed by atoms with Crippen LogP contribution in [-0.2, 0) is 11.4 Å². The number of aromatic nitrogens is 4. The van der Waals surface area contributed by atoms with Crippen molar-refractivity contribution in [3.05, 3.63) is 120 Å². The van der Waals surface area contributed by atoms with Crippen LogP contribution in [-0.4, -0.2) is 37.6 Å². The fourth-order valence-corrected chi connectivity index (χ4v) is 4.45. The van der Waals surface area contributed by atoms with Crippen LogP contribution in [0.25, 0.3) is 17.1 Å². The third kappa shape index (κ3) is 6.97. The van der Waals surface area contributed by atoms with Gasteiger partial charge in [0, 0.05) is 23.6 Å². The van der Waals surface area contributed by atoms with E-state index in [0.717, 1.165) is 33.7 Å². The van der Waals surface area contributed by atoms with Crippen molar-refractivity contribution in [2.75, 3.05) is 5.75 Å². The van der Waals surface area contributed by atoms with E-state index in [1.165, 1.54) is 11.8 Å². The second kappa shape index (κ2) is 12.7. The van der Waals surface area contributed by atoms with Gasteiger partial charge in [-0.2, -0.15) is 5.10 Å². The number of amides is 1. The van der Waals surface area contributed by atoms with Crippen molar-refractivity contribution in [3.8, 4) is 22.8 Å². The number of pyridine rings is 1. The molecule has 0 radical (unpaired) electrons. The highest BCUT2D eigenvalue weighted by Gasteiger charge is 2.17. The summed E-state index contributed by atoms with van der Waals surface area (Å²) in [7, 11) is 0. The lowest BCUT2D eigenvalue weighted by Gasteiger charge is -2.10. The quantitative estimate of drug-likeness (QED) is 0.145. The number of nitrogens with one attached hydrogen (secondary N) is 1. The SMILES string of the molecule is Cc1ccc(-n2c(SCC(=O)NN=Cc3ccc(OCc4ccccc4)cc3)nnc2-c2ccncc2)cc1. The van der Waals surface area contributed by atoms with Crippen molar-refractivity contribution in [2.24, 2.45) is 5.10 Å². The molecule has 0 saturated carbocycles. The molecule has 2 heterocycles. The van der Waals surface area contributed by atoms with Gasteiger partial charge in [0.2, 0.25) is 0 Å². The molecule has 0 spiro atoms. The molecular formula is C30H26N6O2S. The van der Waals surface area contributed by atoms with E-state index in [9.17, 15) is 4.79 Å². The fourth-order valence-electron chi connectivity index (χ4n) is 3.71. The molecule has 39 heavy (non-hydrogen) atoms. The zero-order valence-corrected chi connectivity index (χ0v) is 22.1. The molecule has 0 saturated heterocycles. The van der Waals surface area contributed by atoms with E-state index >= 15 is 0 Å². The Labute approximate surface area is 230 Å². The van der Waals surface area contributed by atoms with Crippen molar-refractivity contribution in [1.82, 2.24) is 25.2 Å². The fraction of sp³-hybridized carbons (Fsp3) is 0.100. The summed E-state index contributed by atoms with van der Waals surface area (Å²) in [4.78, 5) is 16.6. The number of carbonyl (C=O) groups excluding carboxylic acids is 1. The van der Waals surface area contributed by atoms with Crippen molar-refractivity contribution in [2.45, 2.75) is 18.7 Å². The molecule has 0 bridgehead atoms. The van der Waals surface area contributed by atoms with E-state index in [0.29, 0.717) is 17.6 Å². The van der Waals surface area contributed by atoms with Crippen molar-refractivity contribution < 1.29 is 9.53 Å². The second-order valence-electron chi connectivity index (χ2n) is 8.64. The molecule has 0 unspecified atom stereocenters. The first-order chi connectivity index (χ1) is 19.2. The van der Waals surface area contributed by atoms with Crippen molar-refractivity contribution in [3.63, 3.8) is 0 Å². The number of nitrogens with zero attached hydrogens (tertiary/aromatic N) is 5. The smallest absolute Gasteiger partial charge is 0.250 e. The highest BCUT2D eigenvalue weighted by molar-refractivity contribution is 7.99. The van der Waals surface area contributed by atoms with Crippen LogP contribution in [0.2, 0.25) is 0 Å². The number of ether oxygens (including phenoxy) is 1. The average molecular weight is 535 g/mol. The Morgan fingerprint density at radius 2 is 1.69 bits per heavy atom. The number of hydrogen-bond donors (Lipinski definition) is 1. The monoisotopic (exact) mass is 534 g/mol. The maximum Gasteiger partial charge on any atom is 0.250 e. The predicted molar refractivity (Wildman–Crippen MR) is 153 cm³/mol. The number of aryl methyl sites for hydroxylation is 1. The lowest BCUT2D eigenvalue weighted by Crippen LogP contribution is -2.20. The summed E-state index contributed by atoms with van der Waals surface area (Å²) in [6.07, 6.45) is 5.03. The van der Waals surface area contributed by atoms with E-state index in [2.05, 4.69) is 25.7 Å². The zero-order valence-electron chi connectivity index (χ0n) is 21.3. The largest absolute Gasteiger partial charge is 0.489 e. The van der Waals surface area contributed by atoms with Crippen LogP contribution in [0.5, 0.6) is 5.75 Å². The Balaban J connectivity index is 1.18. The topological polar surface area (TPSA) is 94.3 Å². The average Bonchev–Trinajstić information content (AvgIpc) is 3.41. The Hall–Kier alpha value is -4.76. The van der Waals surface area contributed by atoms with E-state index in [1.54, 1.807) is 18.6 Å². The van der Waals surface area contributed by atoms with Gasteiger partial charge in [0.05, 0.1) is 12.0 Å². The zero-order chi connectivity index (χ0) is 26.9. The van der Waals surface area contributed by atoms with Crippen LogP contribution >= 0.6 is 11.8 Å². The molecule has 0 aliphatic rings. The van der Waals surface area contributed by atoms with Gasteiger partial charge in [-0.3, -0.25) is 14.3 Å². The maximum absolute atomic E-state index is 12.5. The lowest BCUT2D eigenvalue weighted by atomic mass is 10.2. The molecule has 2 aromatic heterocycles. The van der Waals surface area contributed by atoms with Gasteiger partial charge >= 0.3 is 0 Å². The van der Waals surface area contributed by atoms with Gasteiger partial charge in [-0.1, -0.05) is 59.8 Å².